The smallest absolute Gasteiger partial charge is 0.0294 e. The number of benzene rings is 1. The van der Waals surface area contributed by atoms with Crippen LogP contribution in [0.1, 0.15) is 38.3 Å². The molecule has 0 spiro atoms. The lowest BCUT2D eigenvalue weighted by Crippen LogP contribution is -2.37. The van der Waals surface area contributed by atoms with Crippen molar-refractivity contribution >= 4 is 15.9 Å². The fourth-order valence-electron chi connectivity index (χ4n) is 3.79. The first-order valence-corrected chi connectivity index (χ1v) is 8.12. The van der Waals surface area contributed by atoms with E-state index in [2.05, 4.69) is 71.5 Å². The second-order valence-electron chi connectivity index (χ2n) is 6.18. The third kappa shape index (κ3) is 2.80. The van der Waals surface area contributed by atoms with Crippen molar-refractivity contribution < 1.29 is 0 Å². The van der Waals surface area contributed by atoms with E-state index in [9.17, 15) is 0 Å². The van der Waals surface area contributed by atoms with Crippen molar-refractivity contribution in [3.8, 4) is 0 Å². The number of nitrogens with one attached hydrogen (secondary N) is 1. The third-order valence-corrected chi connectivity index (χ3v) is 5.33. The van der Waals surface area contributed by atoms with Crippen molar-refractivity contribution in [1.82, 2.24) is 5.32 Å². The molecule has 1 aromatic rings. The molecule has 0 amide bonds. The number of rotatable bonds is 4. The zero-order valence-corrected chi connectivity index (χ0v) is 13.2. The molecular weight excluding hydrogens is 298 g/mol. The summed E-state index contributed by atoms with van der Waals surface area (Å²) in [6.45, 7) is 4.62. The van der Waals surface area contributed by atoms with Crippen LogP contribution >= 0.6 is 15.9 Å². The Bertz CT molecular complexity index is 482. The lowest BCUT2D eigenvalue weighted by Gasteiger charge is -2.29. The van der Waals surface area contributed by atoms with E-state index in [4.69, 9.17) is 0 Å². The summed E-state index contributed by atoms with van der Waals surface area (Å²) in [6, 6.07) is 9.62. The van der Waals surface area contributed by atoms with Crippen molar-refractivity contribution in [3.05, 3.63) is 46.5 Å². The van der Waals surface area contributed by atoms with Gasteiger partial charge in [0.25, 0.3) is 0 Å². The molecule has 1 saturated carbocycles. The number of hydrogen-bond acceptors (Lipinski definition) is 1. The van der Waals surface area contributed by atoms with Gasteiger partial charge in [-0.2, -0.15) is 0 Å². The summed E-state index contributed by atoms with van der Waals surface area (Å²) in [4.78, 5) is 0. The van der Waals surface area contributed by atoms with Crippen molar-refractivity contribution in [2.45, 2.75) is 38.8 Å². The minimum absolute atomic E-state index is 0.413. The molecule has 0 aliphatic heterocycles. The highest BCUT2D eigenvalue weighted by atomic mass is 79.9. The zero-order valence-electron chi connectivity index (χ0n) is 11.6. The Morgan fingerprint density at radius 1 is 1.21 bits per heavy atom. The van der Waals surface area contributed by atoms with Crippen LogP contribution in [0, 0.1) is 17.8 Å². The predicted molar refractivity (Wildman–Crippen MR) is 84.0 cm³/mol. The Morgan fingerprint density at radius 2 is 2.05 bits per heavy atom. The van der Waals surface area contributed by atoms with Crippen LogP contribution in [0.15, 0.2) is 40.9 Å². The highest BCUT2D eigenvalue weighted by molar-refractivity contribution is 9.10. The van der Waals surface area contributed by atoms with Crippen LogP contribution in [0.5, 0.6) is 0 Å². The van der Waals surface area contributed by atoms with Gasteiger partial charge in [0.1, 0.15) is 0 Å². The fraction of sp³-hybridized carbons (Fsp3) is 0.529. The van der Waals surface area contributed by atoms with Gasteiger partial charge in [0.05, 0.1) is 0 Å². The molecule has 2 aliphatic carbocycles. The van der Waals surface area contributed by atoms with Gasteiger partial charge in [0, 0.05) is 16.6 Å². The first-order valence-electron chi connectivity index (χ1n) is 7.33. The summed E-state index contributed by atoms with van der Waals surface area (Å²) in [7, 11) is 0. The molecule has 19 heavy (non-hydrogen) atoms. The molecular formula is C17H22BrN. The average molecular weight is 320 g/mol. The van der Waals surface area contributed by atoms with Crippen LogP contribution in [0.4, 0.5) is 0 Å². The first kappa shape index (κ1) is 13.4. The van der Waals surface area contributed by atoms with Crippen molar-refractivity contribution in [2.24, 2.45) is 17.8 Å². The quantitative estimate of drug-likeness (QED) is 0.793. The summed E-state index contributed by atoms with van der Waals surface area (Å²) >= 11 is 3.55. The van der Waals surface area contributed by atoms with Gasteiger partial charge in [-0.15, -0.1) is 0 Å². The zero-order chi connectivity index (χ0) is 13.4. The number of halogens is 1. The molecule has 2 bridgehead atoms. The molecule has 1 fully saturated rings. The van der Waals surface area contributed by atoms with Crippen LogP contribution in [-0.4, -0.2) is 6.04 Å². The molecule has 5 atom stereocenters. The molecule has 2 aliphatic rings. The molecule has 0 radical (unpaired) electrons. The van der Waals surface area contributed by atoms with Crippen LogP contribution in [-0.2, 0) is 0 Å². The van der Waals surface area contributed by atoms with E-state index in [1.54, 1.807) is 0 Å². The third-order valence-electron chi connectivity index (χ3n) is 4.83. The van der Waals surface area contributed by atoms with Gasteiger partial charge in [-0.25, -0.2) is 0 Å². The highest BCUT2D eigenvalue weighted by Crippen LogP contribution is 2.45. The maximum absolute atomic E-state index is 3.80. The Morgan fingerprint density at radius 3 is 2.68 bits per heavy atom. The van der Waals surface area contributed by atoms with E-state index in [1.807, 2.05) is 0 Å². The predicted octanol–water partition coefficient (Wildman–Crippen LogP) is 4.70. The minimum Gasteiger partial charge on any atom is -0.307 e. The normalized spacial score (nSPS) is 31.6. The van der Waals surface area contributed by atoms with E-state index >= 15 is 0 Å². The molecule has 1 N–H and O–H groups in total. The molecule has 0 saturated heterocycles. The summed E-state index contributed by atoms with van der Waals surface area (Å²) in [5.41, 5.74) is 1.36. The molecule has 4 unspecified atom stereocenters. The Balaban J connectivity index is 1.63. The van der Waals surface area contributed by atoms with Gasteiger partial charge in [-0.1, -0.05) is 40.2 Å². The lowest BCUT2D eigenvalue weighted by molar-refractivity contribution is 0.307. The number of hydrogen-bond donors (Lipinski definition) is 1. The van der Waals surface area contributed by atoms with Crippen molar-refractivity contribution in [3.63, 3.8) is 0 Å². The second-order valence-corrected chi connectivity index (χ2v) is 7.09. The summed E-state index contributed by atoms with van der Waals surface area (Å²) in [5.74, 6) is 2.51. The first-order chi connectivity index (χ1) is 9.13. The monoisotopic (exact) mass is 319 g/mol. The Kier molecular flexibility index (Phi) is 3.81. The molecule has 1 aromatic carbocycles. The summed E-state index contributed by atoms with van der Waals surface area (Å²) in [6.07, 6.45) is 7.63. The van der Waals surface area contributed by atoms with E-state index < -0.39 is 0 Å². The topological polar surface area (TPSA) is 12.0 Å². The molecule has 102 valence electrons. The number of fused-ring (bicyclic) bond motifs is 2. The largest absolute Gasteiger partial charge is 0.307 e. The van der Waals surface area contributed by atoms with Gasteiger partial charge in [-0.3, -0.25) is 0 Å². The SMILES string of the molecule is CC(N[C@H](C)c1cccc(Br)c1)C1CC2C=CC1C2. The van der Waals surface area contributed by atoms with E-state index in [1.165, 1.54) is 18.4 Å². The lowest BCUT2D eigenvalue weighted by atomic mass is 9.87. The molecule has 3 rings (SSSR count). The minimum atomic E-state index is 0.413. The van der Waals surface area contributed by atoms with Crippen LogP contribution < -0.4 is 5.32 Å². The van der Waals surface area contributed by atoms with Gasteiger partial charge in [0.2, 0.25) is 0 Å². The van der Waals surface area contributed by atoms with Gasteiger partial charge >= 0.3 is 0 Å². The summed E-state index contributed by atoms with van der Waals surface area (Å²) in [5, 5.41) is 3.80. The molecule has 0 aromatic heterocycles. The average Bonchev–Trinajstić information content (AvgIpc) is 3.00. The fourth-order valence-corrected chi connectivity index (χ4v) is 4.21. The molecule has 2 heteroatoms. The molecule has 1 nitrogen and oxygen atoms in total. The van der Waals surface area contributed by atoms with Crippen molar-refractivity contribution in [2.75, 3.05) is 0 Å². The van der Waals surface area contributed by atoms with E-state index in [0.717, 1.165) is 22.2 Å². The van der Waals surface area contributed by atoms with Gasteiger partial charge < -0.3 is 5.32 Å². The van der Waals surface area contributed by atoms with E-state index in [-0.39, 0.29) is 0 Å². The maximum atomic E-state index is 3.80. The molecule has 0 heterocycles. The Labute approximate surface area is 124 Å². The van der Waals surface area contributed by atoms with Crippen LogP contribution in [0.3, 0.4) is 0 Å². The van der Waals surface area contributed by atoms with Crippen LogP contribution in [0.25, 0.3) is 0 Å². The van der Waals surface area contributed by atoms with Gasteiger partial charge in [-0.05, 0) is 62.1 Å². The van der Waals surface area contributed by atoms with Crippen molar-refractivity contribution in [1.29, 1.82) is 0 Å². The number of allylic oxidation sites excluding steroid dienone is 2. The Hall–Kier alpha value is -0.600. The summed E-state index contributed by atoms with van der Waals surface area (Å²) < 4.78 is 1.16. The van der Waals surface area contributed by atoms with E-state index in [0.29, 0.717) is 12.1 Å². The van der Waals surface area contributed by atoms with Crippen LogP contribution in [0.2, 0.25) is 0 Å². The van der Waals surface area contributed by atoms with Gasteiger partial charge in [0.15, 0.2) is 0 Å². The second kappa shape index (κ2) is 5.41. The standard InChI is InChI=1S/C17H22BrN/c1-11(14-4-3-5-16(18)10-14)19-12(2)17-9-13-6-7-15(17)8-13/h3-7,10-13,15,17,19H,8-9H2,1-2H3/t11-,12?,13?,15?,17?/m1/s1. The highest BCUT2D eigenvalue weighted by Gasteiger charge is 2.38. The maximum Gasteiger partial charge on any atom is 0.0294 e.